The summed E-state index contributed by atoms with van der Waals surface area (Å²) >= 11 is 0. The quantitative estimate of drug-likeness (QED) is 0.397. The van der Waals surface area contributed by atoms with Gasteiger partial charge in [0, 0.05) is 18.3 Å². The van der Waals surface area contributed by atoms with Crippen molar-refractivity contribution in [1.29, 1.82) is 0 Å². The van der Waals surface area contributed by atoms with Gasteiger partial charge in [0.05, 0.1) is 13.7 Å². The molecule has 0 spiro atoms. The molecule has 0 unspecified atom stereocenters. The number of carbonyl (C=O) groups is 3. The predicted molar refractivity (Wildman–Crippen MR) is 89.9 cm³/mol. The van der Waals surface area contributed by atoms with Gasteiger partial charge in [-0.05, 0) is 19.9 Å². The Morgan fingerprint density at radius 1 is 1.08 bits per heavy atom. The summed E-state index contributed by atoms with van der Waals surface area (Å²) < 4.78 is 13.3. The van der Waals surface area contributed by atoms with E-state index >= 15 is 0 Å². The van der Waals surface area contributed by atoms with E-state index in [-0.39, 0.29) is 31.8 Å². The van der Waals surface area contributed by atoms with Gasteiger partial charge in [0.25, 0.3) is 0 Å². The average molecular weight is 345 g/mol. The van der Waals surface area contributed by atoms with E-state index < -0.39 is 5.97 Å². The van der Waals surface area contributed by atoms with E-state index in [1.165, 1.54) is 20.3 Å². The molecule has 2 N–H and O–H groups in total. The lowest BCUT2D eigenvalue weighted by Gasteiger charge is -1.99. The molecular weight excluding hydrogens is 318 g/mol. The van der Waals surface area contributed by atoms with Gasteiger partial charge in [0.1, 0.15) is 13.3 Å². The molecule has 0 heterocycles. The Bertz CT molecular complexity index is 430. The second-order valence-electron chi connectivity index (χ2n) is 4.09. The van der Waals surface area contributed by atoms with Gasteiger partial charge in [0.2, 0.25) is 5.91 Å². The van der Waals surface area contributed by atoms with E-state index in [9.17, 15) is 14.4 Å². The van der Waals surface area contributed by atoms with E-state index in [4.69, 9.17) is 5.11 Å². The Kier molecular flexibility index (Phi) is 20.5. The third kappa shape index (κ3) is 21.8. The normalized spacial score (nSPS) is 8.21. The SMILES string of the molecule is C=C(C)C(=O)OC.C=C(C)C(=O)OCCO.C=CC(=O)NCOC. The van der Waals surface area contributed by atoms with Gasteiger partial charge in [-0.15, -0.1) is 0 Å². The van der Waals surface area contributed by atoms with Crippen LogP contribution in [-0.2, 0) is 28.6 Å². The van der Waals surface area contributed by atoms with Gasteiger partial charge in [-0.3, -0.25) is 4.79 Å². The number of hydrogen-bond donors (Lipinski definition) is 2. The van der Waals surface area contributed by atoms with E-state index in [2.05, 4.69) is 39.3 Å². The maximum Gasteiger partial charge on any atom is 0.333 e. The van der Waals surface area contributed by atoms with E-state index in [1.807, 2.05) is 0 Å². The molecule has 0 radical (unpaired) electrons. The summed E-state index contributed by atoms with van der Waals surface area (Å²) in [5.41, 5.74) is 0.783. The van der Waals surface area contributed by atoms with Gasteiger partial charge >= 0.3 is 11.9 Å². The Morgan fingerprint density at radius 3 is 1.83 bits per heavy atom. The summed E-state index contributed by atoms with van der Waals surface area (Å²) in [5.74, 6) is -1.02. The zero-order valence-corrected chi connectivity index (χ0v) is 14.7. The van der Waals surface area contributed by atoms with Crippen molar-refractivity contribution in [2.45, 2.75) is 13.8 Å². The maximum absolute atomic E-state index is 10.5. The van der Waals surface area contributed by atoms with Crippen LogP contribution in [0.2, 0.25) is 0 Å². The van der Waals surface area contributed by atoms with Crippen LogP contribution in [0, 0.1) is 0 Å². The highest BCUT2D eigenvalue weighted by atomic mass is 16.5. The number of methoxy groups -OCH3 is 2. The topological polar surface area (TPSA) is 111 Å². The Labute approximate surface area is 142 Å². The second-order valence-corrected chi connectivity index (χ2v) is 4.09. The lowest BCUT2D eigenvalue weighted by atomic mass is 10.4. The van der Waals surface area contributed by atoms with Crippen molar-refractivity contribution in [3.05, 3.63) is 37.0 Å². The maximum atomic E-state index is 10.5. The minimum atomic E-state index is -0.455. The van der Waals surface area contributed by atoms with Crippen molar-refractivity contribution in [3.63, 3.8) is 0 Å². The second kappa shape index (κ2) is 18.6. The summed E-state index contributed by atoms with van der Waals surface area (Å²) in [5, 5.41) is 10.6. The first-order chi connectivity index (χ1) is 11.2. The molecule has 8 heteroatoms. The molecule has 0 bridgehead atoms. The molecule has 0 atom stereocenters. The molecule has 0 aromatic heterocycles. The lowest BCUT2D eigenvalue weighted by molar-refractivity contribution is -0.140. The predicted octanol–water partition coefficient (Wildman–Crippen LogP) is 0.726. The van der Waals surface area contributed by atoms with Crippen LogP contribution in [-0.4, -0.2) is 57.1 Å². The molecule has 0 aromatic rings. The lowest BCUT2D eigenvalue weighted by Crippen LogP contribution is -2.22. The molecule has 138 valence electrons. The molecule has 0 aromatic carbocycles. The molecule has 0 aliphatic heterocycles. The van der Waals surface area contributed by atoms with Crippen molar-refractivity contribution in [2.75, 3.05) is 34.2 Å². The largest absolute Gasteiger partial charge is 0.466 e. The third-order valence-electron chi connectivity index (χ3n) is 1.78. The van der Waals surface area contributed by atoms with E-state index in [0.717, 1.165) is 0 Å². The van der Waals surface area contributed by atoms with Gasteiger partial charge in [-0.25, -0.2) is 9.59 Å². The first-order valence-electron chi connectivity index (χ1n) is 6.74. The highest BCUT2D eigenvalue weighted by Crippen LogP contribution is 1.90. The number of aliphatic hydroxyl groups is 1. The number of hydrogen-bond acceptors (Lipinski definition) is 7. The molecule has 1 amide bonds. The number of amides is 1. The van der Waals surface area contributed by atoms with Crippen LogP contribution in [0.1, 0.15) is 13.8 Å². The molecule has 0 rings (SSSR count). The number of ether oxygens (including phenoxy) is 3. The Hall–Kier alpha value is -2.45. The summed E-state index contributed by atoms with van der Waals surface area (Å²) in [6.45, 7) is 13.3. The van der Waals surface area contributed by atoms with Crippen LogP contribution in [0.5, 0.6) is 0 Å². The number of rotatable bonds is 7. The van der Waals surface area contributed by atoms with Gasteiger partial charge in [0.15, 0.2) is 0 Å². The number of aliphatic hydroxyl groups excluding tert-OH is 1. The minimum absolute atomic E-state index is 0.0473. The van der Waals surface area contributed by atoms with Crippen LogP contribution in [0.3, 0.4) is 0 Å². The van der Waals surface area contributed by atoms with Crippen LogP contribution >= 0.6 is 0 Å². The van der Waals surface area contributed by atoms with E-state index in [1.54, 1.807) is 13.8 Å². The Balaban J connectivity index is -0.000000278. The zero-order chi connectivity index (χ0) is 19.5. The molecular formula is C16H27NO7. The number of carbonyl (C=O) groups excluding carboxylic acids is 3. The highest BCUT2D eigenvalue weighted by molar-refractivity contribution is 5.87. The van der Waals surface area contributed by atoms with Crippen molar-refractivity contribution in [2.24, 2.45) is 0 Å². The summed E-state index contributed by atoms with van der Waals surface area (Å²) in [6, 6.07) is 0. The molecule has 0 aliphatic carbocycles. The van der Waals surface area contributed by atoms with Crippen molar-refractivity contribution in [1.82, 2.24) is 5.32 Å². The molecule has 0 saturated carbocycles. The van der Waals surface area contributed by atoms with E-state index in [0.29, 0.717) is 11.1 Å². The number of nitrogens with one attached hydrogen (secondary N) is 1. The number of esters is 2. The van der Waals surface area contributed by atoms with Gasteiger partial charge in [-0.1, -0.05) is 19.7 Å². The average Bonchev–Trinajstić information content (AvgIpc) is 2.57. The van der Waals surface area contributed by atoms with Gasteiger partial charge < -0.3 is 24.6 Å². The zero-order valence-electron chi connectivity index (χ0n) is 14.7. The first-order valence-corrected chi connectivity index (χ1v) is 6.74. The van der Waals surface area contributed by atoms with Crippen molar-refractivity contribution < 1.29 is 33.7 Å². The van der Waals surface area contributed by atoms with Crippen LogP contribution in [0.25, 0.3) is 0 Å². The fourth-order valence-corrected chi connectivity index (χ4v) is 0.651. The molecule has 0 aliphatic rings. The van der Waals surface area contributed by atoms with Gasteiger partial charge in [-0.2, -0.15) is 0 Å². The highest BCUT2D eigenvalue weighted by Gasteiger charge is 1.99. The fourth-order valence-electron chi connectivity index (χ4n) is 0.651. The fraction of sp³-hybridized carbons (Fsp3) is 0.438. The molecule has 24 heavy (non-hydrogen) atoms. The van der Waals surface area contributed by atoms with Crippen molar-refractivity contribution >= 4 is 17.8 Å². The molecule has 8 nitrogen and oxygen atoms in total. The smallest absolute Gasteiger partial charge is 0.333 e. The monoisotopic (exact) mass is 345 g/mol. The molecule has 0 fully saturated rings. The minimum Gasteiger partial charge on any atom is -0.466 e. The Morgan fingerprint density at radius 2 is 1.58 bits per heavy atom. The molecule has 0 saturated heterocycles. The van der Waals surface area contributed by atoms with Crippen LogP contribution < -0.4 is 5.32 Å². The van der Waals surface area contributed by atoms with Crippen molar-refractivity contribution in [3.8, 4) is 0 Å². The van der Waals surface area contributed by atoms with Crippen LogP contribution in [0.15, 0.2) is 37.0 Å². The summed E-state index contributed by atoms with van der Waals surface area (Å²) in [4.78, 5) is 30.9. The van der Waals surface area contributed by atoms with Crippen LogP contribution in [0.4, 0.5) is 0 Å². The first kappa shape index (κ1) is 26.4. The summed E-state index contributed by atoms with van der Waals surface area (Å²) in [7, 11) is 2.83. The standard InChI is InChI=1S/C6H10O3.C5H9NO2.C5H8O2/c1-5(2)6(8)9-4-3-7;1-3-5(7)6-4-8-2;1-4(2)5(6)7-3/h7H,1,3-4H2,2H3;3H,1,4H2,2H3,(H,6,7);1H2,2-3H3. The third-order valence-corrected chi connectivity index (χ3v) is 1.78. The summed E-state index contributed by atoms with van der Waals surface area (Å²) in [6.07, 6.45) is 1.19.